The van der Waals surface area contributed by atoms with Crippen LogP contribution in [0.5, 0.6) is 0 Å². The summed E-state index contributed by atoms with van der Waals surface area (Å²) in [5.41, 5.74) is 8.19. The maximum Gasteiger partial charge on any atom is 0.255 e. The Morgan fingerprint density at radius 3 is 2.52 bits per heavy atom. The number of rotatable bonds is 4. The van der Waals surface area contributed by atoms with Crippen LogP contribution in [0.2, 0.25) is 0 Å². The lowest BCUT2D eigenvalue weighted by Gasteiger charge is -2.32. The van der Waals surface area contributed by atoms with Gasteiger partial charge in [0.25, 0.3) is 5.91 Å². The Balaban J connectivity index is 0.00000264. The molecule has 3 N–H and O–H groups in total. The molecule has 1 aromatic carbocycles. The SMILES string of the molecule is Cc1cccc(C(NC(=O)c2coc(CN)c2)C(C)(C)C)c1.Cl. The first-order chi connectivity index (χ1) is 10.3. The number of carbonyl (C=O) groups is 1. The Bertz CT molecular complexity index is 659. The van der Waals surface area contributed by atoms with E-state index >= 15 is 0 Å². The predicted molar refractivity (Wildman–Crippen MR) is 94.7 cm³/mol. The average Bonchev–Trinajstić information content (AvgIpc) is 2.92. The molecule has 126 valence electrons. The molecule has 2 aromatic rings. The monoisotopic (exact) mass is 336 g/mol. The summed E-state index contributed by atoms with van der Waals surface area (Å²) in [7, 11) is 0. The maximum atomic E-state index is 12.5. The Morgan fingerprint density at radius 1 is 1.30 bits per heavy atom. The van der Waals surface area contributed by atoms with E-state index in [1.807, 2.05) is 12.1 Å². The highest BCUT2D eigenvalue weighted by Crippen LogP contribution is 2.33. The number of hydrogen-bond donors (Lipinski definition) is 2. The number of furan rings is 1. The van der Waals surface area contributed by atoms with Crippen LogP contribution in [0.15, 0.2) is 41.0 Å². The fourth-order valence-electron chi connectivity index (χ4n) is 2.47. The molecule has 5 heteroatoms. The molecule has 1 amide bonds. The van der Waals surface area contributed by atoms with Crippen LogP contribution < -0.4 is 11.1 Å². The second-order valence-corrected chi connectivity index (χ2v) is 6.69. The summed E-state index contributed by atoms with van der Waals surface area (Å²) in [4.78, 5) is 12.5. The number of benzene rings is 1. The minimum atomic E-state index is -0.148. The van der Waals surface area contributed by atoms with E-state index in [0.29, 0.717) is 11.3 Å². The molecule has 1 unspecified atom stereocenters. The van der Waals surface area contributed by atoms with Crippen LogP contribution in [0.3, 0.4) is 0 Å². The van der Waals surface area contributed by atoms with E-state index in [2.05, 4.69) is 45.1 Å². The van der Waals surface area contributed by atoms with Crippen molar-refractivity contribution in [2.45, 2.75) is 40.3 Å². The maximum absolute atomic E-state index is 12.5. The number of halogens is 1. The van der Waals surface area contributed by atoms with Crippen molar-refractivity contribution >= 4 is 18.3 Å². The van der Waals surface area contributed by atoms with Crippen LogP contribution in [0.25, 0.3) is 0 Å². The van der Waals surface area contributed by atoms with Crippen molar-refractivity contribution in [3.8, 4) is 0 Å². The molecule has 4 nitrogen and oxygen atoms in total. The van der Waals surface area contributed by atoms with E-state index in [9.17, 15) is 4.79 Å². The van der Waals surface area contributed by atoms with Gasteiger partial charge in [-0.2, -0.15) is 0 Å². The quantitative estimate of drug-likeness (QED) is 0.887. The van der Waals surface area contributed by atoms with Gasteiger partial charge >= 0.3 is 0 Å². The van der Waals surface area contributed by atoms with Gasteiger partial charge in [0.05, 0.1) is 18.2 Å². The van der Waals surface area contributed by atoms with Crippen LogP contribution in [-0.4, -0.2) is 5.91 Å². The Kier molecular flexibility index (Phi) is 6.42. The molecule has 1 atom stereocenters. The molecular formula is C18H25ClN2O2. The highest BCUT2D eigenvalue weighted by atomic mass is 35.5. The Morgan fingerprint density at radius 2 is 2.00 bits per heavy atom. The van der Waals surface area contributed by atoms with Crippen LogP contribution in [0.1, 0.15) is 54.1 Å². The number of amides is 1. The van der Waals surface area contributed by atoms with E-state index in [0.717, 1.165) is 5.56 Å². The highest BCUT2D eigenvalue weighted by molar-refractivity contribution is 5.94. The number of nitrogens with one attached hydrogen (secondary N) is 1. The lowest BCUT2D eigenvalue weighted by molar-refractivity contribution is 0.0901. The van der Waals surface area contributed by atoms with Gasteiger partial charge in [0.15, 0.2) is 0 Å². The first kappa shape index (κ1) is 19.3. The minimum absolute atomic E-state index is 0. The Labute approximate surface area is 143 Å². The van der Waals surface area contributed by atoms with Gasteiger partial charge in [-0.15, -0.1) is 12.4 Å². The summed E-state index contributed by atoms with van der Waals surface area (Å²) in [5, 5.41) is 3.11. The van der Waals surface area contributed by atoms with Gasteiger partial charge in [-0.05, 0) is 24.0 Å². The molecule has 0 saturated heterocycles. The zero-order chi connectivity index (χ0) is 16.3. The molecule has 0 spiro atoms. The van der Waals surface area contributed by atoms with Gasteiger partial charge in [0.1, 0.15) is 12.0 Å². The predicted octanol–water partition coefficient (Wildman–Crippen LogP) is 3.99. The van der Waals surface area contributed by atoms with Crippen LogP contribution in [-0.2, 0) is 6.54 Å². The highest BCUT2D eigenvalue weighted by Gasteiger charge is 2.28. The zero-order valence-electron chi connectivity index (χ0n) is 14.1. The van der Waals surface area contributed by atoms with Gasteiger partial charge in [0.2, 0.25) is 0 Å². The summed E-state index contributed by atoms with van der Waals surface area (Å²) < 4.78 is 5.24. The van der Waals surface area contributed by atoms with Crippen molar-refractivity contribution in [1.29, 1.82) is 0 Å². The molecule has 2 rings (SSSR count). The molecule has 0 aliphatic heterocycles. The van der Waals surface area contributed by atoms with Gasteiger partial charge in [-0.25, -0.2) is 0 Å². The number of nitrogens with two attached hydrogens (primary N) is 1. The fourth-order valence-corrected chi connectivity index (χ4v) is 2.47. The second-order valence-electron chi connectivity index (χ2n) is 6.69. The summed E-state index contributed by atoms with van der Waals surface area (Å²) in [6, 6.07) is 9.82. The van der Waals surface area contributed by atoms with Crippen molar-refractivity contribution in [2.24, 2.45) is 11.1 Å². The first-order valence-corrected chi connectivity index (χ1v) is 7.46. The number of aryl methyl sites for hydroxylation is 1. The molecule has 0 fully saturated rings. The van der Waals surface area contributed by atoms with Crippen molar-refractivity contribution in [3.05, 3.63) is 59.0 Å². The van der Waals surface area contributed by atoms with E-state index in [4.69, 9.17) is 10.2 Å². The lowest BCUT2D eigenvalue weighted by Crippen LogP contribution is -2.36. The summed E-state index contributed by atoms with van der Waals surface area (Å²) >= 11 is 0. The summed E-state index contributed by atoms with van der Waals surface area (Å²) in [6.45, 7) is 8.67. The molecule has 0 aliphatic rings. The van der Waals surface area contributed by atoms with Gasteiger partial charge in [-0.1, -0.05) is 50.6 Å². The van der Waals surface area contributed by atoms with E-state index in [1.165, 1.54) is 11.8 Å². The number of carbonyl (C=O) groups excluding carboxylic acids is 1. The molecule has 0 saturated carbocycles. The average molecular weight is 337 g/mol. The lowest BCUT2D eigenvalue weighted by atomic mass is 9.82. The number of hydrogen-bond acceptors (Lipinski definition) is 3. The fraction of sp³-hybridized carbons (Fsp3) is 0.389. The zero-order valence-corrected chi connectivity index (χ0v) is 14.9. The first-order valence-electron chi connectivity index (χ1n) is 7.46. The molecule has 23 heavy (non-hydrogen) atoms. The smallest absolute Gasteiger partial charge is 0.255 e. The minimum Gasteiger partial charge on any atom is -0.467 e. The largest absolute Gasteiger partial charge is 0.467 e. The van der Waals surface area contributed by atoms with E-state index < -0.39 is 0 Å². The van der Waals surface area contributed by atoms with Crippen molar-refractivity contribution in [2.75, 3.05) is 0 Å². The van der Waals surface area contributed by atoms with Crippen molar-refractivity contribution in [1.82, 2.24) is 5.32 Å². The summed E-state index contributed by atoms with van der Waals surface area (Å²) in [5.74, 6) is 0.456. The van der Waals surface area contributed by atoms with Crippen LogP contribution in [0, 0.1) is 12.3 Å². The van der Waals surface area contributed by atoms with Gasteiger partial charge in [0, 0.05) is 0 Å². The normalized spacial score (nSPS) is 12.4. The second kappa shape index (κ2) is 7.66. The molecule has 0 radical (unpaired) electrons. The summed E-state index contributed by atoms with van der Waals surface area (Å²) in [6.07, 6.45) is 1.45. The standard InChI is InChI=1S/C18H24N2O2.ClH/c1-12-6-5-7-13(8-12)16(18(2,3)4)20-17(21)14-9-15(10-19)22-11-14;/h5-9,11,16H,10,19H2,1-4H3,(H,20,21);1H. The molecular weight excluding hydrogens is 312 g/mol. The van der Waals surface area contributed by atoms with E-state index in [1.54, 1.807) is 6.07 Å². The Hall–Kier alpha value is -1.78. The third kappa shape index (κ3) is 4.85. The van der Waals surface area contributed by atoms with Crippen LogP contribution in [0.4, 0.5) is 0 Å². The van der Waals surface area contributed by atoms with Crippen LogP contribution >= 0.6 is 12.4 Å². The van der Waals surface area contributed by atoms with E-state index in [-0.39, 0.29) is 36.3 Å². The molecule has 0 bridgehead atoms. The topological polar surface area (TPSA) is 68.3 Å². The molecule has 1 aromatic heterocycles. The van der Waals surface area contributed by atoms with Crippen molar-refractivity contribution in [3.63, 3.8) is 0 Å². The van der Waals surface area contributed by atoms with Crippen molar-refractivity contribution < 1.29 is 9.21 Å². The van der Waals surface area contributed by atoms with Gasteiger partial charge < -0.3 is 15.5 Å². The molecule has 0 aliphatic carbocycles. The third-order valence-electron chi connectivity index (χ3n) is 3.63. The molecule has 1 heterocycles. The third-order valence-corrected chi connectivity index (χ3v) is 3.63. The van der Waals surface area contributed by atoms with Gasteiger partial charge in [-0.3, -0.25) is 4.79 Å².